The van der Waals surface area contributed by atoms with Crippen molar-refractivity contribution in [2.75, 3.05) is 12.8 Å². The molecule has 0 aliphatic carbocycles. The van der Waals surface area contributed by atoms with Gasteiger partial charge in [0.1, 0.15) is 5.75 Å². The van der Waals surface area contributed by atoms with Gasteiger partial charge in [-0.25, -0.2) is 0 Å². The quantitative estimate of drug-likeness (QED) is 0.782. The second-order valence-corrected chi connectivity index (χ2v) is 3.69. The maximum atomic E-state index is 5.72. The lowest BCUT2D eigenvalue weighted by Gasteiger charge is -2.07. The first-order valence-corrected chi connectivity index (χ1v) is 5.06. The minimum Gasteiger partial charge on any atom is -0.495 e. The van der Waals surface area contributed by atoms with Crippen LogP contribution < -0.4 is 10.5 Å². The van der Waals surface area contributed by atoms with Gasteiger partial charge in [-0.3, -0.25) is 4.98 Å². The molecule has 0 radical (unpaired) electrons. The molecule has 82 valence electrons. The summed E-state index contributed by atoms with van der Waals surface area (Å²) in [6.45, 7) is 2.03. The van der Waals surface area contributed by atoms with E-state index in [0.717, 1.165) is 28.1 Å². The van der Waals surface area contributed by atoms with Crippen molar-refractivity contribution < 1.29 is 4.74 Å². The van der Waals surface area contributed by atoms with Gasteiger partial charge in [-0.1, -0.05) is 6.07 Å². The molecule has 2 N–H and O–H groups in total. The number of pyridine rings is 1. The van der Waals surface area contributed by atoms with Gasteiger partial charge >= 0.3 is 0 Å². The van der Waals surface area contributed by atoms with E-state index in [1.165, 1.54) is 0 Å². The standard InChI is InChI=1S/C13H14N2O/c1-9-5-11(14)3-4-13(9)10-6-12(16-2)8-15-7-10/h3-8H,14H2,1-2H3. The molecule has 16 heavy (non-hydrogen) atoms. The van der Waals surface area contributed by atoms with E-state index in [9.17, 15) is 0 Å². The molecule has 0 fully saturated rings. The van der Waals surface area contributed by atoms with E-state index >= 15 is 0 Å². The fourth-order valence-corrected chi connectivity index (χ4v) is 1.69. The molecule has 0 atom stereocenters. The maximum Gasteiger partial charge on any atom is 0.137 e. The number of benzene rings is 1. The first-order valence-electron chi connectivity index (χ1n) is 5.06. The van der Waals surface area contributed by atoms with Crippen LogP contribution in [0.5, 0.6) is 5.75 Å². The molecule has 2 aromatic rings. The molecule has 0 aliphatic rings. The third-order valence-electron chi connectivity index (χ3n) is 2.51. The highest BCUT2D eigenvalue weighted by atomic mass is 16.5. The maximum absolute atomic E-state index is 5.72. The van der Waals surface area contributed by atoms with Crippen molar-refractivity contribution in [1.82, 2.24) is 4.98 Å². The highest BCUT2D eigenvalue weighted by Crippen LogP contribution is 2.26. The Kier molecular flexibility index (Phi) is 2.77. The lowest BCUT2D eigenvalue weighted by Crippen LogP contribution is -1.90. The second-order valence-electron chi connectivity index (χ2n) is 3.69. The van der Waals surface area contributed by atoms with E-state index < -0.39 is 0 Å². The number of anilines is 1. The van der Waals surface area contributed by atoms with Crippen LogP contribution in [0.4, 0.5) is 5.69 Å². The number of aryl methyl sites for hydroxylation is 1. The molecule has 0 aliphatic heterocycles. The normalized spacial score (nSPS) is 10.1. The molecule has 3 nitrogen and oxygen atoms in total. The zero-order valence-electron chi connectivity index (χ0n) is 9.40. The Bertz CT molecular complexity index is 509. The minimum absolute atomic E-state index is 0.758. The number of methoxy groups -OCH3 is 1. The summed E-state index contributed by atoms with van der Waals surface area (Å²) in [4.78, 5) is 4.14. The number of rotatable bonds is 2. The van der Waals surface area contributed by atoms with Crippen molar-refractivity contribution in [2.24, 2.45) is 0 Å². The third kappa shape index (κ3) is 1.98. The Hall–Kier alpha value is -2.03. The van der Waals surface area contributed by atoms with Crippen LogP contribution in [-0.4, -0.2) is 12.1 Å². The van der Waals surface area contributed by atoms with Crippen LogP contribution >= 0.6 is 0 Å². The van der Waals surface area contributed by atoms with Gasteiger partial charge in [0.25, 0.3) is 0 Å². The number of nitrogens with two attached hydrogens (primary N) is 1. The predicted molar refractivity (Wildman–Crippen MR) is 65.4 cm³/mol. The zero-order chi connectivity index (χ0) is 11.5. The number of aromatic nitrogens is 1. The minimum atomic E-state index is 0.758. The van der Waals surface area contributed by atoms with Crippen LogP contribution in [0, 0.1) is 6.92 Å². The summed E-state index contributed by atoms with van der Waals surface area (Å²) in [5.74, 6) is 0.758. The molecule has 0 unspecified atom stereocenters. The van der Waals surface area contributed by atoms with Gasteiger partial charge in [0, 0.05) is 17.4 Å². The van der Waals surface area contributed by atoms with Crippen molar-refractivity contribution >= 4 is 5.69 Å². The van der Waals surface area contributed by atoms with Gasteiger partial charge in [0.2, 0.25) is 0 Å². The summed E-state index contributed by atoms with van der Waals surface area (Å²) in [5, 5.41) is 0. The first-order chi connectivity index (χ1) is 7.70. The molecule has 0 saturated carbocycles. The molecule has 1 aromatic heterocycles. The smallest absolute Gasteiger partial charge is 0.137 e. The van der Waals surface area contributed by atoms with Crippen molar-refractivity contribution in [3.05, 3.63) is 42.2 Å². The van der Waals surface area contributed by atoms with Gasteiger partial charge < -0.3 is 10.5 Å². The highest BCUT2D eigenvalue weighted by Gasteiger charge is 2.03. The zero-order valence-corrected chi connectivity index (χ0v) is 9.40. The van der Waals surface area contributed by atoms with Crippen molar-refractivity contribution in [1.29, 1.82) is 0 Å². The predicted octanol–water partition coefficient (Wildman–Crippen LogP) is 2.65. The van der Waals surface area contributed by atoms with E-state index in [2.05, 4.69) is 4.98 Å². The van der Waals surface area contributed by atoms with Crippen LogP contribution in [0.25, 0.3) is 11.1 Å². The summed E-state index contributed by atoms with van der Waals surface area (Å²) >= 11 is 0. The van der Waals surface area contributed by atoms with Crippen LogP contribution in [0.2, 0.25) is 0 Å². The topological polar surface area (TPSA) is 48.1 Å². The van der Waals surface area contributed by atoms with Crippen LogP contribution in [0.1, 0.15) is 5.56 Å². The fourth-order valence-electron chi connectivity index (χ4n) is 1.69. The fraction of sp³-hybridized carbons (Fsp3) is 0.154. The van der Waals surface area contributed by atoms with Crippen LogP contribution in [0.3, 0.4) is 0 Å². The number of hydrogen-bond donors (Lipinski definition) is 1. The van der Waals surface area contributed by atoms with E-state index in [4.69, 9.17) is 10.5 Å². The summed E-state index contributed by atoms with van der Waals surface area (Å²) in [7, 11) is 1.64. The van der Waals surface area contributed by atoms with Crippen molar-refractivity contribution in [2.45, 2.75) is 6.92 Å². The molecule has 2 rings (SSSR count). The van der Waals surface area contributed by atoms with E-state index in [1.807, 2.05) is 37.4 Å². The Balaban J connectivity index is 2.49. The first kappa shape index (κ1) is 10.5. The summed E-state index contributed by atoms with van der Waals surface area (Å²) in [6.07, 6.45) is 3.51. The van der Waals surface area contributed by atoms with Gasteiger partial charge in [-0.15, -0.1) is 0 Å². The lowest BCUT2D eigenvalue weighted by atomic mass is 10.0. The molecule has 0 amide bonds. The molecule has 0 spiro atoms. The highest BCUT2D eigenvalue weighted by molar-refractivity contribution is 5.69. The average Bonchev–Trinajstić information content (AvgIpc) is 2.29. The Morgan fingerprint density at radius 2 is 2.00 bits per heavy atom. The van der Waals surface area contributed by atoms with E-state index in [0.29, 0.717) is 0 Å². The van der Waals surface area contributed by atoms with Crippen LogP contribution in [0.15, 0.2) is 36.7 Å². The number of hydrogen-bond acceptors (Lipinski definition) is 3. The molecule has 0 saturated heterocycles. The summed E-state index contributed by atoms with van der Waals surface area (Å²) < 4.78 is 5.15. The second kappa shape index (κ2) is 4.23. The lowest BCUT2D eigenvalue weighted by molar-refractivity contribution is 0.413. The third-order valence-corrected chi connectivity index (χ3v) is 2.51. The van der Waals surface area contributed by atoms with E-state index in [1.54, 1.807) is 13.3 Å². The van der Waals surface area contributed by atoms with Crippen molar-refractivity contribution in [3.8, 4) is 16.9 Å². The molecular formula is C13H14N2O. The SMILES string of the molecule is COc1cncc(-c2ccc(N)cc2C)c1. The van der Waals surface area contributed by atoms with Gasteiger partial charge in [-0.05, 0) is 36.2 Å². The molecule has 1 aromatic carbocycles. The Labute approximate surface area is 94.9 Å². The molecule has 3 heteroatoms. The monoisotopic (exact) mass is 214 g/mol. The van der Waals surface area contributed by atoms with Gasteiger partial charge in [0.05, 0.1) is 13.3 Å². The number of nitrogens with zero attached hydrogens (tertiary/aromatic N) is 1. The Morgan fingerprint density at radius 3 is 2.69 bits per heavy atom. The largest absolute Gasteiger partial charge is 0.495 e. The van der Waals surface area contributed by atoms with E-state index in [-0.39, 0.29) is 0 Å². The average molecular weight is 214 g/mol. The number of nitrogen functional groups attached to an aromatic ring is 1. The van der Waals surface area contributed by atoms with Gasteiger partial charge in [-0.2, -0.15) is 0 Å². The van der Waals surface area contributed by atoms with Crippen LogP contribution in [-0.2, 0) is 0 Å². The number of ether oxygens (including phenoxy) is 1. The molecule has 0 bridgehead atoms. The summed E-state index contributed by atoms with van der Waals surface area (Å²) in [5.41, 5.74) is 9.80. The molecule has 1 heterocycles. The Morgan fingerprint density at radius 1 is 1.19 bits per heavy atom. The van der Waals surface area contributed by atoms with Crippen molar-refractivity contribution in [3.63, 3.8) is 0 Å². The molecular weight excluding hydrogens is 200 g/mol. The van der Waals surface area contributed by atoms with Gasteiger partial charge in [0.15, 0.2) is 0 Å². The summed E-state index contributed by atoms with van der Waals surface area (Å²) in [6, 6.07) is 7.81.